The summed E-state index contributed by atoms with van der Waals surface area (Å²) >= 11 is 6.28. The zero-order chi connectivity index (χ0) is 19.1. The van der Waals surface area contributed by atoms with Crippen LogP contribution < -0.4 is 14.4 Å². The Morgan fingerprint density at radius 3 is 2.81 bits per heavy atom. The first-order chi connectivity index (χ1) is 13.2. The average molecular weight is 395 g/mol. The maximum absolute atomic E-state index is 11.4. The number of methoxy groups -OCH3 is 1. The summed E-state index contributed by atoms with van der Waals surface area (Å²) in [5.41, 5.74) is 0.846. The average Bonchev–Trinajstić information content (AvgIpc) is 2.72. The van der Waals surface area contributed by atoms with Gasteiger partial charge >= 0.3 is 5.97 Å². The molecule has 0 amide bonds. The molecule has 144 valence electrons. The van der Waals surface area contributed by atoms with Gasteiger partial charge in [0.05, 0.1) is 20.3 Å². The molecule has 0 atom stereocenters. The Labute approximate surface area is 161 Å². The summed E-state index contributed by atoms with van der Waals surface area (Å²) in [6.07, 6.45) is 3.35. The van der Waals surface area contributed by atoms with E-state index >= 15 is 0 Å². The second kappa shape index (κ2) is 9.33. The minimum absolute atomic E-state index is 0.0524. The zero-order valence-electron chi connectivity index (χ0n) is 14.8. The van der Waals surface area contributed by atoms with E-state index in [2.05, 4.69) is 19.7 Å². The summed E-state index contributed by atoms with van der Waals surface area (Å²) < 4.78 is 21.2. The van der Waals surface area contributed by atoms with Gasteiger partial charge in [-0.05, 0) is 6.07 Å². The molecule has 0 unspecified atom stereocenters. The van der Waals surface area contributed by atoms with Crippen molar-refractivity contribution in [1.29, 1.82) is 0 Å². The van der Waals surface area contributed by atoms with Crippen LogP contribution in [0.2, 0.25) is 5.15 Å². The standard InChI is InChI=1S/C17H19ClN4O5/c1-24-13(23)11-26-14-15(18)20-17(22-5-7-25-8-6-22)21-16(14)27-10-12-3-2-4-19-9-12/h2-4,9H,5-8,10-11H2,1H3. The summed E-state index contributed by atoms with van der Waals surface area (Å²) in [4.78, 5) is 26.1. The molecule has 0 aliphatic carbocycles. The summed E-state index contributed by atoms with van der Waals surface area (Å²) in [7, 11) is 1.27. The minimum atomic E-state index is -0.554. The lowest BCUT2D eigenvalue weighted by Gasteiger charge is -2.27. The van der Waals surface area contributed by atoms with Gasteiger partial charge in [-0.15, -0.1) is 0 Å². The Balaban J connectivity index is 1.84. The van der Waals surface area contributed by atoms with Crippen molar-refractivity contribution in [2.45, 2.75) is 6.61 Å². The fraction of sp³-hybridized carbons (Fsp3) is 0.412. The van der Waals surface area contributed by atoms with Crippen molar-refractivity contribution in [3.05, 3.63) is 35.2 Å². The molecule has 1 aliphatic heterocycles. The number of hydrogen-bond donors (Lipinski definition) is 0. The number of esters is 1. The number of nitrogens with zero attached hydrogens (tertiary/aromatic N) is 4. The molecule has 0 spiro atoms. The van der Waals surface area contributed by atoms with E-state index in [9.17, 15) is 4.79 Å². The van der Waals surface area contributed by atoms with Gasteiger partial charge in [0.25, 0.3) is 5.88 Å². The summed E-state index contributed by atoms with van der Waals surface area (Å²) in [5.74, 6) is 0.0867. The number of carbonyl (C=O) groups is 1. The van der Waals surface area contributed by atoms with Crippen LogP contribution in [0.3, 0.4) is 0 Å². The molecule has 0 saturated carbocycles. The van der Waals surface area contributed by atoms with Crippen molar-refractivity contribution in [2.75, 3.05) is 44.9 Å². The molecule has 2 aromatic rings. The van der Waals surface area contributed by atoms with Crippen LogP contribution in [0.15, 0.2) is 24.5 Å². The van der Waals surface area contributed by atoms with Gasteiger partial charge < -0.3 is 23.8 Å². The Morgan fingerprint density at radius 2 is 2.11 bits per heavy atom. The van der Waals surface area contributed by atoms with E-state index in [1.54, 1.807) is 18.5 Å². The highest BCUT2D eigenvalue weighted by atomic mass is 35.5. The molecule has 1 saturated heterocycles. The minimum Gasteiger partial charge on any atom is -0.474 e. The van der Waals surface area contributed by atoms with Gasteiger partial charge in [0.15, 0.2) is 11.8 Å². The molecule has 0 radical (unpaired) electrons. The van der Waals surface area contributed by atoms with Crippen LogP contribution in [-0.4, -0.2) is 60.9 Å². The molecule has 2 aromatic heterocycles. The van der Waals surface area contributed by atoms with E-state index in [-0.39, 0.29) is 30.0 Å². The highest BCUT2D eigenvalue weighted by Crippen LogP contribution is 2.34. The first-order valence-electron chi connectivity index (χ1n) is 8.29. The third kappa shape index (κ3) is 5.18. The Morgan fingerprint density at radius 1 is 1.30 bits per heavy atom. The van der Waals surface area contributed by atoms with Crippen LogP contribution in [0.25, 0.3) is 0 Å². The molecule has 0 bridgehead atoms. The molecule has 0 aromatic carbocycles. The number of rotatable bonds is 7. The maximum Gasteiger partial charge on any atom is 0.343 e. The molecule has 10 heteroatoms. The number of morpholine rings is 1. The lowest BCUT2D eigenvalue weighted by atomic mass is 10.3. The van der Waals surface area contributed by atoms with Gasteiger partial charge in [-0.25, -0.2) is 4.79 Å². The second-order valence-electron chi connectivity index (χ2n) is 5.56. The van der Waals surface area contributed by atoms with Crippen molar-refractivity contribution >= 4 is 23.5 Å². The van der Waals surface area contributed by atoms with Crippen molar-refractivity contribution in [1.82, 2.24) is 15.0 Å². The van der Waals surface area contributed by atoms with E-state index in [0.717, 1.165) is 5.56 Å². The molecule has 3 rings (SSSR count). The number of hydrogen-bond acceptors (Lipinski definition) is 9. The fourth-order valence-electron chi connectivity index (χ4n) is 2.34. The Kier molecular flexibility index (Phi) is 6.61. The highest BCUT2D eigenvalue weighted by molar-refractivity contribution is 6.31. The SMILES string of the molecule is COC(=O)COc1c(Cl)nc(N2CCOCC2)nc1OCc1cccnc1. The largest absolute Gasteiger partial charge is 0.474 e. The number of anilines is 1. The maximum atomic E-state index is 11.4. The first kappa shape index (κ1) is 19.1. The fourth-order valence-corrected chi connectivity index (χ4v) is 2.55. The molecule has 9 nitrogen and oxygen atoms in total. The van der Waals surface area contributed by atoms with Gasteiger partial charge in [-0.2, -0.15) is 9.97 Å². The predicted molar refractivity (Wildman–Crippen MR) is 96.2 cm³/mol. The van der Waals surface area contributed by atoms with Crippen molar-refractivity contribution in [3.63, 3.8) is 0 Å². The van der Waals surface area contributed by atoms with E-state index in [1.807, 2.05) is 11.0 Å². The third-order valence-corrected chi connectivity index (χ3v) is 3.99. The summed E-state index contributed by atoms with van der Waals surface area (Å²) in [5, 5.41) is 0.0524. The first-order valence-corrected chi connectivity index (χ1v) is 8.66. The van der Waals surface area contributed by atoms with Gasteiger partial charge in [0.1, 0.15) is 6.61 Å². The molecular weight excluding hydrogens is 376 g/mol. The summed E-state index contributed by atoms with van der Waals surface area (Å²) in [6.45, 7) is 2.31. The van der Waals surface area contributed by atoms with Crippen LogP contribution in [0.5, 0.6) is 11.6 Å². The number of carbonyl (C=O) groups excluding carboxylic acids is 1. The van der Waals surface area contributed by atoms with Crippen LogP contribution in [-0.2, 0) is 20.9 Å². The number of pyridine rings is 1. The molecule has 1 aliphatic rings. The number of halogens is 1. The number of aromatic nitrogens is 3. The molecule has 1 fully saturated rings. The van der Waals surface area contributed by atoms with E-state index in [1.165, 1.54) is 7.11 Å². The molecule has 0 N–H and O–H groups in total. The predicted octanol–water partition coefficient (Wildman–Crippen LogP) is 1.49. The van der Waals surface area contributed by atoms with Crippen LogP contribution in [0.1, 0.15) is 5.56 Å². The van der Waals surface area contributed by atoms with Gasteiger partial charge in [0, 0.05) is 31.0 Å². The monoisotopic (exact) mass is 394 g/mol. The third-order valence-electron chi connectivity index (χ3n) is 3.74. The van der Waals surface area contributed by atoms with Crippen molar-refractivity contribution in [2.24, 2.45) is 0 Å². The smallest absolute Gasteiger partial charge is 0.343 e. The van der Waals surface area contributed by atoms with Crippen molar-refractivity contribution in [3.8, 4) is 11.6 Å². The quantitative estimate of drug-likeness (QED) is 0.511. The number of ether oxygens (including phenoxy) is 4. The normalized spacial score (nSPS) is 13.9. The topological polar surface area (TPSA) is 95.9 Å². The van der Waals surface area contributed by atoms with E-state index < -0.39 is 5.97 Å². The van der Waals surface area contributed by atoms with Crippen LogP contribution in [0, 0.1) is 0 Å². The molecule has 27 heavy (non-hydrogen) atoms. The lowest BCUT2D eigenvalue weighted by molar-refractivity contribution is -0.142. The van der Waals surface area contributed by atoms with Gasteiger partial charge in [-0.1, -0.05) is 17.7 Å². The molecular formula is C17H19ClN4O5. The Bertz CT molecular complexity index is 771. The lowest BCUT2D eigenvalue weighted by Crippen LogP contribution is -2.37. The van der Waals surface area contributed by atoms with Crippen LogP contribution >= 0.6 is 11.6 Å². The van der Waals surface area contributed by atoms with Crippen LogP contribution in [0.4, 0.5) is 5.95 Å². The highest BCUT2D eigenvalue weighted by Gasteiger charge is 2.22. The summed E-state index contributed by atoms with van der Waals surface area (Å²) in [6, 6.07) is 3.67. The van der Waals surface area contributed by atoms with E-state index in [0.29, 0.717) is 32.3 Å². The second-order valence-corrected chi connectivity index (χ2v) is 5.92. The van der Waals surface area contributed by atoms with Gasteiger partial charge in [-0.3, -0.25) is 4.98 Å². The zero-order valence-corrected chi connectivity index (χ0v) is 15.5. The van der Waals surface area contributed by atoms with Crippen molar-refractivity contribution < 1.29 is 23.7 Å². The Hall–Kier alpha value is -2.65. The molecule has 3 heterocycles. The van der Waals surface area contributed by atoms with E-state index in [4.69, 9.17) is 25.8 Å². The van der Waals surface area contributed by atoms with Gasteiger partial charge in [0.2, 0.25) is 11.7 Å².